The van der Waals surface area contributed by atoms with Crippen molar-refractivity contribution < 1.29 is 9.53 Å². The van der Waals surface area contributed by atoms with Gasteiger partial charge in [-0.15, -0.1) is 0 Å². The van der Waals surface area contributed by atoms with Crippen LogP contribution in [0.1, 0.15) is 27.2 Å². The predicted octanol–water partition coefficient (Wildman–Crippen LogP) is 3.13. The fourth-order valence-corrected chi connectivity index (χ4v) is 2.04. The molecule has 2 aromatic rings. The summed E-state index contributed by atoms with van der Waals surface area (Å²) >= 11 is 0. The third-order valence-corrected chi connectivity index (χ3v) is 3.25. The lowest BCUT2D eigenvalue weighted by Crippen LogP contribution is -2.08. The molecular formula is C16H17NO2. The van der Waals surface area contributed by atoms with E-state index < -0.39 is 0 Å². The highest BCUT2D eigenvalue weighted by Crippen LogP contribution is 2.27. The molecular weight excluding hydrogens is 238 g/mol. The molecule has 0 aliphatic carbocycles. The van der Waals surface area contributed by atoms with E-state index in [1.54, 1.807) is 13.3 Å². The lowest BCUT2D eigenvalue weighted by Gasteiger charge is -2.12. The molecule has 0 N–H and O–H groups in total. The van der Waals surface area contributed by atoms with E-state index in [1.807, 2.05) is 44.2 Å². The minimum Gasteiger partial charge on any atom is -0.496 e. The molecule has 98 valence electrons. The zero-order valence-electron chi connectivity index (χ0n) is 11.4. The molecule has 1 heterocycles. The Labute approximate surface area is 113 Å². The largest absolute Gasteiger partial charge is 0.496 e. The Balaban J connectivity index is 2.32. The number of nitrogens with zero attached hydrogens (tertiary/aromatic N) is 1. The first kappa shape index (κ1) is 13.3. The van der Waals surface area contributed by atoms with Crippen molar-refractivity contribution in [2.75, 3.05) is 7.11 Å². The summed E-state index contributed by atoms with van der Waals surface area (Å²) < 4.78 is 5.37. The van der Waals surface area contributed by atoms with Crippen LogP contribution < -0.4 is 4.74 Å². The maximum atomic E-state index is 12.3. The molecule has 0 unspecified atom stereocenters. The summed E-state index contributed by atoms with van der Waals surface area (Å²) in [6, 6.07) is 9.35. The van der Waals surface area contributed by atoms with E-state index in [2.05, 4.69) is 4.98 Å². The molecule has 0 saturated heterocycles. The Hall–Kier alpha value is -2.16. The summed E-state index contributed by atoms with van der Waals surface area (Å²) in [4.78, 5) is 16.5. The van der Waals surface area contributed by atoms with Crippen LogP contribution in [0.25, 0.3) is 0 Å². The molecule has 0 amide bonds. The van der Waals surface area contributed by atoms with Gasteiger partial charge in [0, 0.05) is 11.9 Å². The molecule has 2 rings (SSSR count). The van der Waals surface area contributed by atoms with Crippen LogP contribution in [0, 0.1) is 13.8 Å². The van der Waals surface area contributed by atoms with Crippen LogP contribution in [0.5, 0.6) is 5.75 Å². The number of ether oxygens (including phenoxy) is 1. The quantitative estimate of drug-likeness (QED) is 0.788. The van der Waals surface area contributed by atoms with Gasteiger partial charge in [0.25, 0.3) is 0 Å². The van der Waals surface area contributed by atoms with Crippen molar-refractivity contribution in [3.8, 4) is 5.75 Å². The molecule has 1 aromatic carbocycles. The number of benzene rings is 1. The van der Waals surface area contributed by atoms with Gasteiger partial charge in [0.1, 0.15) is 5.75 Å². The van der Waals surface area contributed by atoms with Gasteiger partial charge in [0.2, 0.25) is 0 Å². The molecule has 0 spiro atoms. The predicted molar refractivity (Wildman–Crippen MR) is 74.7 cm³/mol. The molecule has 1 aromatic heterocycles. The zero-order chi connectivity index (χ0) is 13.8. The van der Waals surface area contributed by atoms with Crippen LogP contribution in [0.2, 0.25) is 0 Å². The zero-order valence-corrected chi connectivity index (χ0v) is 11.4. The van der Waals surface area contributed by atoms with Gasteiger partial charge < -0.3 is 4.74 Å². The number of carbonyl (C=O) groups excluding carboxylic acids is 1. The second-order valence-corrected chi connectivity index (χ2v) is 4.51. The molecule has 3 nitrogen and oxygen atoms in total. The lowest BCUT2D eigenvalue weighted by atomic mass is 9.99. The van der Waals surface area contributed by atoms with Crippen LogP contribution in [0.3, 0.4) is 0 Å². The SMILES string of the molecule is COc1c(C(=O)Cc2ccccn2)ccc(C)c1C. The minimum absolute atomic E-state index is 0.0265. The number of rotatable bonds is 4. The van der Waals surface area contributed by atoms with Gasteiger partial charge in [-0.3, -0.25) is 9.78 Å². The first-order valence-electron chi connectivity index (χ1n) is 6.20. The molecule has 0 aliphatic rings. The molecule has 0 saturated carbocycles. The van der Waals surface area contributed by atoms with Crippen LogP contribution in [-0.4, -0.2) is 17.9 Å². The Morgan fingerprint density at radius 2 is 2.00 bits per heavy atom. The Morgan fingerprint density at radius 3 is 2.63 bits per heavy atom. The first-order valence-corrected chi connectivity index (χ1v) is 6.20. The number of pyridine rings is 1. The fraction of sp³-hybridized carbons (Fsp3) is 0.250. The normalized spacial score (nSPS) is 10.3. The topological polar surface area (TPSA) is 39.2 Å². The van der Waals surface area contributed by atoms with Crippen LogP contribution in [0.15, 0.2) is 36.5 Å². The van der Waals surface area contributed by atoms with E-state index in [-0.39, 0.29) is 5.78 Å². The van der Waals surface area contributed by atoms with Crippen molar-refractivity contribution in [2.45, 2.75) is 20.3 Å². The Kier molecular flexibility index (Phi) is 3.95. The van der Waals surface area contributed by atoms with Gasteiger partial charge in [-0.05, 0) is 43.2 Å². The second kappa shape index (κ2) is 5.65. The number of ketones is 1. The van der Waals surface area contributed by atoms with E-state index in [0.29, 0.717) is 17.7 Å². The molecule has 19 heavy (non-hydrogen) atoms. The number of aryl methyl sites for hydroxylation is 1. The van der Waals surface area contributed by atoms with Gasteiger partial charge in [0.15, 0.2) is 5.78 Å². The Bertz CT molecular complexity index is 591. The number of aromatic nitrogens is 1. The van der Waals surface area contributed by atoms with E-state index >= 15 is 0 Å². The van der Waals surface area contributed by atoms with Crippen molar-refractivity contribution in [2.24, 2.45) is 0 Å². The maximum Gasteiger partial charge on any atom is 0.172 e. The summed E-state index contributed by atoms with van der Waals surface area (Å²) in [6.45, 7) is 3.97. The molecule has 0 aliphatic heterocycles. The molecule has 0 fully saturated rings. The number of hydrogen-bond donors (Lipinski definition) is 0. The van der Waals surface area contributed by atoms with Crippen LogP contribution in [-0.2, 0) is 6.42 Å². The van der Waals surface area contributed by atoms with Crippen molar-refractivity contribution in [1.29, 1.82) is 0 Å². The van der Waals surface area contributed by atoms with Gasteiger partial charge in [-0.2, -0.15) is 0 Å². The summed E-state index contributed by atoms with van der Waals surface area (Å²) in [6.07, 6.45) is 1.99. The third-order valence-electron chi connectivity index (χ3n) is 3.25. The van der Waals surface area contributed by atoms with Crippen molar-refractivity contribution >= 4 is 5.78 Å². The number of carbonyl (C=O) groups is 1. The van der Waals surface area contributed by atoms with Gasteiger partial charge in [-0.1, -0.05) is 12.1 Å². The highest BCUT2D eigenvalue weighted by atomic mass is 16.5. The van der Waals surface area contributed by atoms with E-state index in [9.17, 15) is 4.79 Å². The highest BCUT2D eigenvalue weighted by Gasteiger charge is 2.16. The minimum atomic E-state index is 0.0265. The monoisotopic (exact) mass is 255 g/mol. The van der Waals surface area contributed by atoms with Crippen molar-refractivity contribution in [3.05, 3.63) is 58.9 Å². The van der Waals surface area contributed by atoms with E-state index in [0.717, 1.165) is 16.8 Å². The molecule has 3 heteroatoms. The van der Waals surface area contributed by atoms with E-state index in [4.69, 9.17) is 4.74 Å². The summed E-state index contributed by atoms with van der Waals surface area (Å²) in [5, 5.41) is 0. The summed E-state index contributed by atoms with van der Waals surface area (Å²) in [5.74, 6) is 0.694. The van der Waals surface area contributed by atoms with Crippen LogP contribution >= 0.6 is 0 Å². The molecule has 0 bridgehead atoms. The van der Waals surface area contributed by atoms with Crippen LogP contribution in [0.4, 0.5) is 0 Å². The number of hydrogen-bond acceptors (Lipinski definition) is 3. The van der Waals surface area contributed by atoms with Gasteiger partial charge >= 0.3 is 0 Å². The Morgan fingerprint density at radius 1 is 1.21 bits per heavy atom. The smallest absolute Gasteiger partial charge is 0.172 e. The average Bonchev–Trinajstić information content (AvgIpc) is 2.42. The van der Waals surface area contributed by atoms with Gasteiger partial charge in [-0.25, -0.2) is 0 Å². The number of methoxy groups -OCH3 is 1. The highest BCUT2D eigenvalue weighted by molar-refractivity contribution is 6.00. The molecule has 0 atom stereocenters. The van der Waals surface area contributed by atoms with Crippen molar-refractivity contribution in [1.82, 2.24) is 4.98 Å². The average molecular weight is 255 g/mol. The number of Topliss-reactive ketones (excluding diaryl/α,β-unsaturated/α-hetero) is 1. The first-order chi connectivity index (χ1) is 9.13. The van der Waals surface area contributed by atoms with Crippen molar-refractivity contribution in [3.63, 3.8) is 0 Å². The maximum absolute atomic E-state index is 12.3. The standard InChI is InChI=1S/C16H17NO2/c1-11-7-8-14(16(19-3)12(11)2)15(18)10-13-6-4-5-9-17-13/h4-9H,10H2,1-3H3. The summed E-state index contributed by atoms with van der Waals surface area (Å²) in [7, 11) is 1.60. The van der Waals surface area contributed by atoms with Gasteiger partial charge in [0.05, 0.1) is 19.1 Å². The summed E-state index contributed by atoms with van der Waals surface area (Å²) in [5.41, 5.74) is 3.52. The molecule has 0 radical (unpaired) electrons. The second-order valence-electron chi connectivity index (χ2n) is 4.51. The van der Waals surface area contributed by atoms with E-state index in [1.165, 1.54) is 0 Å². The lowest BCUT2D eigenvalue weighted by molar-refractivity contribution is 0.0989. The third kappa shape index (κ3) is 2.81. The fourth-order valence-electron chi connectivity index (χ4n) is 2.04.